The number of piperidine rings is 1. The second-order valence-electron chi connectivity index (χ2n) is 5.25. The van der Waals surface area contributed by atoms with Gasteiger partial charge in [0.25, 0.3) is 0 Å². The number of halogens is 1. The SMILES string of the molecule is CCCNc1ncc(Br)c(N2CCC(NC(C)=O)CC2)n1. The Bertz CT molecular complexity index is 488. The van der Waals surface area contributed by atoms with Crippen LogP contribution in [-0.4, -0.2) is 41.6 Å². The Labute approximate surface area is 133 Å². The van der Waals surface area contributed by atoms with Crippen molar-refractivity contribution < 1.29 is 4.79 Å². The zero-order valence-corrected chi connectivity index (χ0v) is 14.1. The molecule has 1 amide bonds. The van der Waals surface area contributed by atoms with Crippen molar-refractivity contribution in [3.8, 4) is 0 Å². The molecule has 1 aliphatic heterocycles. The molecule has 2 heterocycles. The Morgan fingerprint density at radius 3 is 2.81 bits per heavy atom. The van der Waals surface area contributed by atoms with Crippen LogP contribution in [0.2, 0.25) is 0 Å². The van der Waals surface area contributed by atoms with Crippen molar-refractivity contribution in [2.45, 2.75) is 39.2 Å². The van der Waals surface area contributed by atoms with Crippen molar-refractivity contribution in [3.63, 3.8) is 0 Å². The lowest BCUT2D eigenvalue weighted by molar-refractivity contribution is -0.119. The third-order valence-electron chi connectivity index (χ3n) is 3.46. The summed E-state index contributed by atoms with van der Waals surface area (Å²) >= 11 is 3.53. The highest BCUT2D eigenvalue weighted by Gasteiger charge is 2.22. The van der Waals surface area contributed by atoms with E-state index in [0.29, 0.717) is 5.95 Å². The van der Waals surface area contributed by atoms with Crippen LogP contribution in [0.5, 0.6) is 0 Å². The Balaban J connectivity index is 2.00. The molecule has 1 aromatic heterocycles. The van der Waals surface area contributed by atoms with E-state index in [9.17, 15) is 4.79 Å². The van der Waals surface area contributed by atoms with Crippen LogP contribution in [0.4, 0.5) is 11.8 Å². The average molecular weight is 356 g/mol. The van der Waals surface area contributed by atoms with Crippen molar-refractivity contribution in [3.05, 3.63) is 10.7 Å². The molecule has 0 aliphatic carbocycles. The lowest BCUT2D eigenvalue weighted by atomic mass is 10.1. The van der Waals surface area contributed by atoms with Crippen molar-refractivity contribution in [2.75, 3.05) is 29.9 Å². The van der Waals surface area contributed by atoms with Crippen LogP contribution in [0.3, 0.4) is 0 Å². The molecular weight excluding hydrogens is 334 g/mol. The minimum atomic E-state index is 0.0442. The monoisotopic (exact) mass is 355 g/mol. The van der Waals surface area contributed by atoms with Crippen LogP contribution in [0.25, 0.3) is 0 Å². The van der Waals surface area contributed by atoms with Gasteiger partial charge in [-0.3, -0.25) is 4.79 Å². The van der Waals surface area contributed by atoms with Gasteiger partial charge in [-0.15, -0.1) is 0 Å². The summed E-state index contributed by atoms with van der Waals surface area (Å²) in [4.78, 5) is 22.2. The van der Waals surface area contributed by atoms with Crippen LogP contribution >= 0.6 is 15.9 Å². The van der Waals surface area contributed by atoms with Crippen LogP contribution in [0.15, 0.2) is 10.7 Å². The van der Waals surface area contributed by atoms with Crippen LogP contribution in [0, 0.1) is 0 Å². The van der Waals surface area contributed by atoms with Crippen molar-refractivity contribution in [2.24, 2.45) is 0 Å². The predicted molar refractivity (Wildman–Crippen MR) is 87.6 cm³/mol. The molecule has 0 atom stereocenters. The van der Waals surface area contributed by atoms with Gasteiger partial charge in [-0.1, -0.05) is 6.92 Å². The number of hydrogen-bond donors (Lipinski definition) is 2. The molecule has 1 saturated heterocycles. The van der Waals surface area contributed by atoms with E-state index >= 15 is 0 Å². The molecule has 1 fully saturated rings. The summed E-state index contributed by atoms with van der Waals surface area (Å²) in [6, 6.07) is 0.275. The summed E-state index contributed by atoms with van der Waals surface area (Å²) < 4.78 is 0.905. The van der Waals surface area contributed by atoms with Crippen molar-refractivity contribution >= 4 is 33.6 Å². The molecule has 1 aliphatic rings. The highest BCUT2D eigenvalue weighted by Crippen LogP contribution is 2.27. The van der Waals surface area contributed by atoms with E-state index in [1.807, 2.05) is 0 Å². The molecule has 6 nitrogen and oxygen atoms in total. The van der Waals surface area contributed by atoms with Gasteiger partial charge in [0, 0.05) is 38.8 Å². The number of carbonyl (C=O) groups excluding carboxylic acids is 1. The average Bonchev–Trinajstić information content (AvgIpc) is 2.47. The molecular formula is C14H22BrN5O. The van der Waals surface area contributed by atoms with E-state index in [1.54, 1.807) is 13.1 Å². The smallest absolute Gasteiger partial charge is 0.224 e. The zero-order valence-electron chi connectivity index (χ0n) is 12.5. The highest BCUT2D eigenvalue weighted by molar-refractivity contribution is 9.10. The maximum atomic E-state index is 11.1. The number of carbonyl (C=O) groups is 1. The van der Waals surface area contributed by atoms with Gasteiger partial charge in [-0.2, -0.15) is 4.98 Å². The maximum absolute atomic E-state index is 11.1. The standard InChI is InChI=1S/C14H22BrN5O/c1-3-6-16-14-17-9-12(15)13(19-14)20-7-4-11(5-8-20)18-10(2)21/h9,11H,3-8H2,1-2H3,(H,18,21)(H,16,17,19). The van der Waals surface area contributed by atoms with E-state index < -0.39 is 0 Å². The maximum Gasteiger partial charge on any atom is 0.224 e. The lowest BCUT2D eigenvalue weighted by Gasteiger charge is -2.33. The molecule has 116 valence electrons. The number of nitrogens with zero attached hydrogens (tertiary/aromatic N) is 3. The molecule has 0 radical (unpaired) electrons. The second kappa shape index (κ2) is 7.59. The number of aromatic nitrogens is 2. The zero-order chi connectivity index (χ0) is 15.2. The van der Waals surface area contributed by atoms with E-state index in [0.717, 1.165) is 49.2 Å². The van der Waals surface area contributed by atoms with Gasteiger partial charge < -0.3 is 15.5 Å². The Kier molecular flexibility index (Phi) is 5.78. The minimum absolute atomic E-state index is 0.0442. The fourth-order valence-electron chi connectivity index (χ4n) is 2.42. The number of anilines is 2. The minimum Gasteiger partial charge on any atom is -0.355 e. The normalized spacial score (nSPS) is 15.9. The fraction of sp³-hybridized carbons (Fsp3) is 0.643. The largest absolute Gasteiger partial charge is 0.355 e. The van der Waals surface area contributed by atoms with Crippen molar-refractivity contribution in [1.82, 2.24) is 15.3 Å². The van der Waals surface area contributed by atoms with E-state index in [1.165, 1.54) is 0 Å². The van der Waals surface area contributed by atoms with E-state index in [2.05, 4.69) is 48.4 Å². The summed E-state index contributed by atoms with van der Waals surface area (Å²) in [7, 11) is 0. The molecule has 7 heteroatoms. The number of rotatable bonds is 5. The van der Waals surface area contributed by atoms with E-state index in [-0.39, 0.29) is 11.9 Å². The molecule has 0 saturated carbocycles. The summed E-state index contributed by atoms with van der Waals surface area (Å²) in [5, 5.41) is 6.19. The summed E-state index contributed by atoms with van der Waals surface area (Å²) in [6.07, 6.45) is 4.71. The first-order chi connectivity index (χ1) is 10.1. The topological polar surface area (TPSA) is 70.2 Å². The van der Waals surface area contributed by atoms with Crippen LogP contribution in [-0.2, 0) is 4.79 Å². The van der Waals surface area contributed by atoms with Crippen molar-refractivity contribution in [1.29, 1.82) is 0 Å². The number of nitrogens with one attached hydrogen (secondary N) is 2. The van der Waals surface area contributed by atoms with Gasteiger partial charge in [0.15, 0.2) is 0 Å². The van der Waals surface area contributed by atoms with E-state index in [4.69, 9.17) is 0 Å². The van der Waals surface area contributed by atoms with Gasteiger partial charge in [0.05, 0.1) is 4.47 Å². The third-order valence-corrected chi connectivity index (χ3v) is 4.02. The molecule has 0 unspecified atom stereocenters. The van der Waals surface area contributed by atoms with Gasteiger partial charge in [-0.25, -0.2) is 4.98 Å². The van der Waals surface area contributed by atoms with Gasteiger partial charge in [-0.05, 0) is 35.2 Å². The summed E-state index contributed by atoms with van der Waals surface area (Å²) in [6.45, 7) is 6.31. The first kappa shape index (κ1) is 16.0. The molecule has 0 bridgehead atoms. The summed E-state index contributed by atoms with van der Waals surface area (Å²) in [5.74, 6) is 1.63. The molecule has 21 heavy (non-hydrogen) atoms. The first-order valence-corrected chi connectivity index (χ1v) is 8.18. The van der Waals surface area contributed by atoms with Gasteiger partial charge >= 0.3 is 0 Å². The third kappa shape index (κ3) is 4.56. The fourth-order valence-corrected chi connectivity index (χ4v) is 2.87. The first-order valence-electron chi connectivity index (χ1n) is 7.38. The Morgan fingerprint density at radius 1 is 1.48 bits per heavy atom. The predicted octanol–water partition coefficient (Wildman–Crippen LogP) is 2.17. The second-order valence-corrected chi connectivity index (χ2v) is 6.11. The van der Waals surface area contributed by atoms with Crippen LogP contribution in [0.1, 0.15) is 33.1 Å². The quantitative estimate of drug-likeness (QED) is 0.846. The summed E-state index contributed by atoms with van der Waals surface area (Å²) in [5.41, 5.74) is 0. The van der Waals surface area contributed by atoms with Crippen LogP contribution < -0.4 is 15.5 Å². The molecule has 1 aromatic rings. The Morgan fingerprint density at radius 2 is 2.19 bits per heavy atom. The number of hydrogen-bond acceptors (Lipinski definition) is 5. The lowest BCUT2D eigenvalue weighted by Crippen LogP contribution is -2.44. The van der Waals surface area contributed by atoms with Gasteiger partial charge in [0.2, 0.25) is 11.9 Å². The number of amides is 1. The molecule has 0 aromatic carbocycles. The van der Waals surface area contributed by atoms with Gasteiger partial charge in [0.1, 0.15) is 5.82 Å². The molecule has 2 rings (SSSR count). The highest BCUT2D eigenvalue weighted by atomic mass is 79.9. The Hall–Kier alpha value is -1.37. The molecule has 0 spiro atoms. The molecule has 2 N–H and O–H groups in total.